The molecular formula is C47H46ClN3O6. The third kappa shape index (κ3) is 7.55. The zero-order chi connectivity index (χ0) is 39.5. The van der Waals surface area contributed by atoms with Gasteiger partial charge in [0.1, 0.15) is 12.6 Å². The van der Waals surface area contributed by atoms with Crippen molar-refractivity contribution in [2.75, 3.05) is 53.0 Å². The molecule has 0 N–H and O–H groups in total. The Bertz CT molecular complexity index is 2190. The second-order valence-corrected chi connectivity index (χ2v) is 15.5. The molecule has 0 saturated carbocycles. The van der Waals surface area contributed by atoms with Crippen LogP contribution < -0.4 is 0 Å². The van der Waals surface area contributed by atoms with E-state index in [4.69, 9.17) is 25.8 Å². The van der Waals surface area contributed by atoms with Crippen molar-refractivity contribution in [3.63, 3.8) is 0 Å². The third-order valence-electron chi connectivity index (χ3n) is 11.7. The molecule has 5 aromatic carbocycles. The molecule has 0 aromatic heterocycles. The second-order valence-electron chi connectivity index (χ2n) is 15.1. The van der Waals surface area contributed by atoms with Crippen LogP contribution in [-0.4, -0.2) is 97.8 Å². The molecule has 10 heteroatoms. The van der Waals surface area contributed by atoms with Gasteiger partial charge in [-0.2, -0.15) is 0 Å². The van der Waals surface area contributed by atoms with Gasteiger partial charge in [-0.25, -0.2) is 4.79 Å². The zero-order valence-electron chi connectivity index (χ0n) is 32.2. The third-order valence-corrected chi connectivity index (χ3v) is 12.0. The van der Waals surface area contributed by atoms with Gasteiger partial charge in [0.05, 0.1) is 25.7 Å². The molecule has 2 saturated heterocycles. The summed E-state index contributed by atoms with van der Waals surface area (Å²) in [5, 5.41) is 0.410. The van der Waals surface area contributed by atoms with Gasteiger partial charge in [0, 0.05) is 60.9 Å². The summed E-state index contributed by atoms with van der Waals surface area (Å²) in [4.78, 5) is 48.7. The van der Waals surface area contributed by atoms with E-state index < -0.39 is 30.1 Å². The molecule has 0 radical (unpaired) electrons. The fraction of sp³-hybridized carbons (Fsp3) is 0.298. The Morgan fingerprint density at radius 2 is 1.35 bits per heavy atom. The second kappa shape index (κ2) is 16.5. The molecular weight excluding hydrogens is 738 g/mol. The summed E-state index contributed by atoms with van der Waals surface area (Å²) in [5.41, 5.74) is 5.87. The number of likely N-dealkylation sites (N-methyl/N-ethyl adjacent to an activating group) is 1. The molecule has 0 spiro atoms. The smallest absolute Gasteiger partial charge is 0.410 e. The predicted molar refractivity (Wildman–Crippen MR) is 219 cm³/mol. The summed E-state index contributed by atoms with van der Waals surface area (Å²) in [6.45, 7) is 5.68. The first-order chi connectivity index (χ1) is 27.7. The van der Waals surface area contributed by atoms with Crippen LogP contribution in [0.15, 0.2) is 127 Å². The van der Waals surface area contributed by atoms with Crippen molar-refractivity contribution in [3.8, 4) is 11.1 Å². The minimum Gasteiger partial charge on any atom is -0.448 e. The maximum atomic E-state index is 14.7. The van der Waals surface area contributed by atoms with E-state index >= 15 is 0 Å². The number of piperazine rings is 1. The van der Waals surface area contributed by atoms with Crippen LogP contribution in [-0.2, 0) is 29.4 Å². The zero-order valence-corrected chi connectivity index (χ0v) is 32.9. The predicted octanol–water partition coefficient (Wildman–Crippen LogP) is 7.67. The van der Waals surface area contributed by atoms with Crippen molar-refractivity contribution in [2.24, 2.45) is 0 Å². The lowest BCUT2D eigenvalue weighted by Crippen LogP contribution is -2.60. The van der Waals surface area contributed by atoms with Gasteiger partial charge in [0.2, 0.25) is 5.91 Å². The van der Waals surface area contributed by atoms with Crippen LogP contribution in [0.2, 0.25) is 5.02 Å². The Kier molecular flexibility index (Phi) is 11.1. The minimum absolute atomic E-state index is 0.0712. The highest BCUT2D eigenvalue weighted by molar-refractivity contribution is 6.31. The maximum absolute atomic E-state index is 14.7. The van der Waals surface area contributed by atoms with Crippen molar-refractivity contribution in [3.05, 3.63) is 166 Å². The summed E-state index contributed by atoms with van der Waals surface area (Å²) >= 11 is 6.94. The molecule has 1 unspecified atom stereocenters. The summed E-state index contributed by atoms with van der Waals surface area (Å²) < 4.78 is 18.2. The van der Waals surface area contributed by atoms with Crippen LogP contribution >= 0.6 is 11.6 Å². The lowest BCUT2D eigenvalue weighted by molar-refractivity contribution is -0.158. The quantitative estimate of drug-likeness (QED) is 0.100. The van der Waals surface area contributed by atoms with E-state index in [-0.39, 0.29) is 18.4 Å². The SMILES string of the molecule is Cc1ccc(C(OC(=O)C[C@@H](C(=O)N2CCN(C3COC3)CC2)N(C)C(=O)OCC2c3ccccc3-c3ccccc32)(c2ccccc2)c2ccccc2Cl)cc1. The highest BCUT2D eigenvalue weighted by atomic mass is 35.5. The molecule has 1 aliphatic carbocycles. The number of ether oxygens (including phenoxy) is 3. The molecule has 2 heterocycles. The van der Waals surface area contributed by atoms with E-state index in [0.29, 0.717) is 67.1 Å². The number of benzene rings is 5. The van der Waals surface area contributed by atoms with Crippen LogP contribution in [0.25, 0.3) is 11.1 Å². The molecule has 8 rings (SSSR count). The lowest BCUT2D eigenvalue weighted by atomic mass is 9.79. The Hall–Kier alpha value is -5.48. The number of esters is 1. The monoisotopic (exact) mass is 783 g/mol. The van der Waals surface area contributed by atoms with Gasteiger partial charge < -0.3 is 19.1 Å². The van der Waals surface area contributed by atoms with Gasteiger partial charge in [-0.3, -0.25) is 19.4 Å². The molecule has 2 aliphatic heterocycles. The average molecular weight is 784 g/mol. The number of fused-ring (bicyclic) bond motifs is 3. The van der Waals surface area contributed by atoms with Gasteiger partial charge in [0.25, 0.3) is 0 Å². The highest BCUT2D eigenvalue weighted by Gasteiger charge is 2.44. The van der Waals surface area contributed by atoms with E-state index in [0.717, 1.165) is 27.8 Å². The van der Waals surface area contributed by atoms with Gasteiger partial charge in [-0.05, 0) is 35.2 Å². The molecule has 292 valence electrons. The Morgan fingerprint density at radius 1 is 0.772 bits per heavy atom. The van der Waals surface area contributed by atoms with E-state index in [1.54, 1.807) is 11.0 Å². The highest BCUT2D eigenvalue weighted by Crippen LogP contribution is 2.46. The molecule has 2 amide bonds. The first-order valence-electron chi connectivity index (χ1n) is 19.5. The summed E-state index contributed by atoms with van der Waals surface area (Å²) in [5.74, 6) is -1.19. The Balaban J connectivity index is 1.09. The van der Waals surface area contributed by atoms with E-state index in [1.807, 2.05) is 104 Å². The lowest BCUT2D eigenvalue weighted by Gasteiger charge is -2.43. The van der Waals surface area contributed by atoms with E-state index in [9.17, 15) is 14.4 Å². The first-order valence-corrected chi connectivity index (χ1v) is 19.9. The number of hydrogen-bond donors (Lipinski definition) is 0. The molecule has 2 fully saturated rings. The van der Waals surface area contributed by atoms with Gasteiger partial charge >= 0.3 is 12.1 Å². The number of hydrogen-bond acceptors (Lipinski definition) is 7. The molecule has 2 atom stereocenters. The van der Waals surface area contributed by atoms with Crippen LogP contribution in [0, 0.1) is 6.92 Å². The maximum Gasteiger partial charge on any atom is 0.410 e. The normalized spacial score (nSPS) is 17.1. The fourth-order valence-corrected chi connectivity index (χ4v) is 8.66. The van der Waals surface area contributed by atoms with Crippen molar-refractivity contribution in [1.82, 2.24) is 14.7 Å². The topological polar surface area (TPSA) is 88.6 Å². The average Bonchev–Trinajstić information content (AvgIpc) is 3.54. The standard InChI is InChI=1S/C47H46ClN3O6/c1-32-20-22-34(23-21-32)47(33-12-4-3-5-13-33,41-18-10-11-19-42(41)48)57-44(52)28-43(45(53)51-26-24-50(25-27-51)35-29-55-30-35)49(2)46(54)56-31-40-38-16-8-6-14-36(38)37-15-7-9-17-39(37)40/h3-23,35,40,43H,24-31H2,1-2H3/t43-,47?/m0/s1. The van der Waals surface area contributed by atoms with Crippen LogP contribution in [0.5, 0.6) is 0 Å². The minimum atomic E-state index is -1.48. The summed E-state index contributed by atoms with van der Waals surface area (Å²) in [7, 11) is 1.52. The number of rotatable bonds is 11. The molecule has 57 heavy (non-hydrogen) atoms. The Morgan fingerprint density at radius 3 is 1.96 bits per heavy atom. The van der Waals surface area contributed by atoms with E-state index in [1.165, 1.54) is 11.9 Å². The van der Waals surface area contributed by atoms with Crippen molar-refractivity contribution >= 4 is 29.6 Å². The molecule has 3 aliphatic rings. The van der Waals surface area contributed by atoms with Crippen LogP contribution in [0.4, 0.5) is 4.79 Å². The summed E-state index contributed by atoms with van der Waals surface area (Å²) in [6.07, 6.45) is -1.12. The number of amides is 2. The molecule has 0 bridgehead atoms. The van der Waals surface area contributed by atoms with Crippen LogP contribution in [0.1, 0.15) is 45.7 Å². The Labute approximate surface area is 338 Å². The molecule has 9 nitrogen and oxygen atoms in total. The fourth-order valence-electron chi connectivity index (χ4n) is 8.39. The van der Waals surface area contributed by atoms with Crippen molar-refractivity contribution in [2.45, 2.75) is 36.9 Å². The number of aryl methyl sites for hydroxylation is 1. The van der Waals surface area contributed by atoms with Gasteiger partial charge in [-0.1, -0.05) is 138 Å². The van der Waals surface area contributed by atoms with Gasteiger partial charge in [0.15, 0.2) is 5.60 Å². The van der Waals surface area contributed by atoms with Crippen molar-refractivity contribution in [1.29, 1.82) is 0 Å². The van der Waals surface area contributed by atoms with Gasteiger partial charge in [-0.15, -0.1) is 0 Å². The first kappa shape index (κ1) is 38.4. The largest absolute Gasteiger partial charge is 0.448 e. The summed E-state index contributed by atoms with van der Waals surface area (Å²) in [6, 6.07) is 39.9. The molecule has 5 aromatic rings. The number of carbonyl (C=O) groups is 3. The number of nitrogens with zero attached hydrogens (tertiary/aromatic N) is 3. The van der Waals surface area contributed by atoms with Crippen molar-refractivity contribution < 1.29 is 28.6 Å². The van der Waals surface area contributed by atoms with Crippen LogP contribution in [0.3, 0.4) is 0 Å². The number of halogens is 1. The number of carbonyl (C=O) groups excluding carboxylic acids is 3. The van der Waals surface area contributed by atoms with E-state index in [2.05, 4.69) is 29.2 Å².